The highest BCUT2D eigenvalue weighted by Crippen LogP contribution is 2.31. The lowest BCUT2D eigenvalue weighted by atomic mass is 9.98. The van der Waals surface area contributed by atoms with Crippen LogP contribution in [0.25, 0.3) is 0 Å². The van der Waals surface area contributed by atoms with Gasteiger partial charge in [-0.05, 0) is 56.8 Å². The summed E-state index contributed by atoms with van der Waals surface area (Å²) >= 11 is 6.19. The first kappa shape index (κ1) is 16.0. The molecule has 0 atom stereocenters. The molecule has 0 radical (unpaired) electrons. The van der Waals surface area contributed by atoms with Crippen LogP contribution in [-0.4, -0.2) is 16.9 Å². The van der Waals surface area contributed by atoms with E-state index in [4.69, 9.17) is 5.11 Å². The maximum Gasteiger partial charge on any atom is 0.339 e. The van der Waals surface area contributed by atoms with E-state index in [9.17, 15) is 14.0 Å². The average Bonchev–Trinajstić information content (AvgIpc) is 2.32. The predicted molar refractivity (Wildman–Crippen MR) is 76.9 cm³/mol. The Balaban J connectivity index is 3.47. The van der Waals surface area contributed by atoms with Crippen LogP contribution in [0, 0.1) is 12.7 Å². The molecule has 6 heteroatoms. The van der Waals surface area contributed by atoms with E-state index in [1.165, 1.54) is 19.1 Å². The molecule has 0 amide bonds. The molecule has 0 saturated heterocycles. The van der Waals surface area contributed by atoms with Crippen molar-refractivity contribution in [2.24, 2.45) is 0 Å². The normalized spacial score (nSPS) is 11.5. The second-order valence-corrected chi connectivity index (χ2v) is 5.52. The molecule has 0 heterocycles. The van der Waals surface area contributed by atoms with Gasteiger partial charge in [0.15, 0.2) is 0 Å². The minimum atomic E-state index is -1.32. The number of aliphatic carboxylic acids is 1. The van der Waals surface area contributed by atoms with Crippen molar-refractivity contribution in [3.8, 4) is 0 Å². The zero-order valence-corrected chi connectivity index (χ0v) is 13.4. The summed E-state index contributed by atoms with van der Waals surface area (Å²) in [5.41, 5.74) is -0.217. The van der Waals surface area contributed by atoms with Gasteiger partial charge in [-0.15, -0.1) is 0 Å². The molecule has 102 valence electrons. The van der Waals surface area contributed by atoms with Gasteiger partial charge in [0, 0.05) is 10.0 Å². The van der Waals surface area contributed by atoms with E-state index in [2.05, 4.69) is 31.9 Å². The Hall–Kier alpha value is -1.01. The first-order chi connectivity index (χ1) is 8.81. The molecular weight excluding hydrogens is 383 g/mol. The standard InChI is InChI=1S/C13H11Br2FO3/c1-3-4-7(13(18)19)12(17)10-6(2)11(16)9(15)5-8(10)14/h4-5H,3H2,1-2H3,(H,18,19). The van der Waals surface area contributed by atoms with Crippen molar-refractivity contribution in [3.63, 3.8) is 0 Å². The fraction of sp³-hybridized carbons (Fsp3) is 0.231. The fourth-order valence-corrected chi connectivity index (χ4v) is 3.15. The first-order valence-corrected chi connectivity index (χ1v) is 7.02. The summed E-state index contributed by atoms with van der Waals surface area (Å²) < 4.78 is 14.4. The molecule has 19 heavy (non-hydrogen) atoms. The van der Waals surface area contributed by atoms with Crippen molar-refractivity contribution in [1.29, 1.82) is 0 Å². The zero-order valence-electron chi connectivity index (χ0n) is 10.3. The average molecular weight is 394 g/mol. The third kappa shape index (κ3) is 3.30. The Bertz CT molecular complexity index is 580. The molecule has 3 nitrogen and oxygen atoms in total. The maximum absolute atomic E-state index is 13.8. The van der Waals surface area contributed by atoms with E-state index in [0.29, 0.717) is 10.9 Å². The van der Waals surface area contributed by atoms with E-state index in [0.717, 1.165) is 0 Å². The SMILES string of the molecule is CCC=C(C(=O)O)C(=O)c1c(Br)cc(Br)c(F)c1C. The molecule has 0 unspecified atom stereocenters. The number of allylic oxidation sites excluding steroid dienone is 1. The number of rotatable bonds is 4. The summed E-state index contributed by atoms with van der Waals surface area (Å²) in [6, 6.07) is 1.39. The lowest BCUT2D eigenvalue weighted by Crippen LogP contribution is -2.15. The number of benzene rings is 1. The molecule has 1 aromatic rings. The Morgan fingerprint density at radius 3 is 2.42 bits per heavy atom. The van der Waals surface area contributed by atoms with Crippen LogP contribution in [0.2, 0.25) is 0 Å². The van der Waals surface area contributed by atoms with Crippen LogP contribution in [0.4, 0.5) is 4.39 Å². The van der Waals surface area contributed by atoms with E-state index in [1.54, 1.807) is 6.92 Å². The van der Waals surface area contributed by atoms with Crippen molar-refractivity contribution < 1.29 is 19.1 Å². The summed E-state index contributed by atoms with van der Waals surface area (Å²) in [6.07, 6.45) is 1.72. The van der Waals surface area contributed by atoms with E-state index in [-0.39, 0.29) is 21.2 Å². The molecule has 0 aromatic heterocycles. The van der Waals surface area contributed by atoms with E-state index in [1.807, 2.05) is 0 Å². The van der Waals surface area contributed by atoms with Gasteiger partial charge in [0.2, 0.25) is 5.78 Å². The van der Waals surface area contributed by atoms with Gasteiger partial charge in [0.1, 0.15) is 11.4 Å². The highest BCUT2D eigenvalue weighted by Gasteiger charge is 2.25. The van der Waals surface area contributed by atoms with Crippen LogP contribution < -0.4 is 0 Å². The molecule has 1 N–H and O–H groups in total. The van der Waals surface area contributed by atoms with E-state index < -0.39 is 17.6 Å². The quantitative estimate of drug-likeness (QED) is 0.273. The van der Waals surface area contributed by atoms with Crippen LogP contribution in [0.3, 0.4) is 0 Å². The van der Waals surface area contributed by atoms with Gasteiger partial charge >= 0.3 is 5.97 Å². The topological polar surface area (TPSA) is 54.4 Å². The van der Waals surface area contributed by atoms with Gasteiger partial charge in [-0.2, -0.15) is 0 Å². The number of hydrogen-bond donors (Lipinski definition) is 1. The number of hydrogen-bond acceptors (Lipinski definition) is 2. The first-order valence-electron chi connectivity index (χ1n) is 5.43. The van der Waals surface area contributed by atoms with Crippen LogP contribution in [0.15, 0.2) is 26.7 Å². The van der Waals surface area contributed by atoms with Crippen molar-refractivity contribution in [3.05, 3.63) is 43.6 Å². The number of halogens is 3. The highest BCUT2D eigenvalue weighted by atomic mass is 79.9. The fourth-order valence-electron chi connectivity index (χ4n) is 1.61. The Morgan fingerprint density at radius 2 is 1.95 bits per heavy atom. The molecule has 1 rings (SSSR count). The summed E-state index contributed by atoms with van der Waals surface area (Å²) in [4.78, 5) is 23.3. The predicted octanol–water partition coefficient (Wildman–Crippen LogP) is 4.26. The Morgan fingerprint density at radius 1 is 1.37 bits per heavy atom. The van der Waals surface area contributed by atoms with Gasteiger partial charge in [0.25, 0.3) is 0 Å². The summed E-state index contributed by atoms with van der Waals surface area (Å²) in [5, 5.41) is 9.03. The Kier molecular flexibility index (Phi) is 5.43. The van der Waals surface area contributed by atoms with Crippen LogP contribution in [-0.2, 0) is 4.79 Å². The molecule has 1 aromatic carbocycles. The van der Waals surface area contributed by atoms with Crippen LogP contribution in [0.5, 0.6) is 0 Å². The molecule has 0 aliphatic rings. The molecule has 0 aliphatic heterocycles. The number of carboxylic acids is 1. The van der Waals surface area contributed by atoms with Crippen molar-refractivity contribution in [2.45, 2.75) is 20.3 Å². The molecule has 0 spiro atoms. The maximum atomic E-state index is 13.8. The molecular formula is C13H11Br2FO3. The summed E-state index contributed by atoms with van der Waals surface area (Å²) in [5.74, 6) is -2.60. The lowest BCUT2D eigenvalue weighted by Gasteiger charge is -2.10. The largest absolute Gasteiger partial charge is 0.478 e. The molecule has 0 bridgehead atoms. The van der Waals surface area contributed by atoms with Crippen molar-refractivity contribution in [1.82, 2.24) is 0 Å². The number of carbonyl (C=O) groups is 2. The van der Waals surface area contributed by atoms with Gasteiger partial charge in [-0.1, -0.05) is 13.0 Å². The smallest absolute Gasteiger partial charge is 0.339 e. The highest BCUT2D eigenvalue weighted by molar-refractivity contribution is 9.11. The second kappa shape index (κ2) is 6.43. The second-order valence-electron chi connectivity index (χ2n) is 3.81. The van der Waals surface area contributed by atoms with Gasteiger partial charge in [0.05, 0.1) is 4.47 Å². The molecule has 0 fully saturated rings. The summed E-state index contributed by atoms with van der Waals surface area (Å²) in [7, 11) is 0. The number of carbonyl (C=O) groups excluding carboxylic acids is 1. The van der Waals surface area contributed by atoms with Gasteiger partial charge < -0.3 is 5.11 Å². The monoisotopic (exact) mass is 392 g/mol. The zero-order chi connectivity index (χ0) is 14.7. The summed E-state index contributed by atoms with van der Waals surface area (Å²) in [6.45, 7) is 3.16. The van der Waals surface area contributed by atoms with Gasteiger partial charge in [-0.3, -0.25) is 4.79 Å². The van der Waals surface area contributed by atoms with Gasteiger partial charge in [-0.25, -0.2) is 9.18 Å². The number of carboxylic acid groups (broad SMARTS) is 1. The lowest BCUT2D eigenvalue weighted by molar-refractivity contribution is -0.132. The van der Waals surface area contributed by atoms with Crippen LogP contribution >= 0.6 is 31.9 Å². The third-order valence-electron chi connectivity index (χ3n) is 2.52. The molecule has 0 aliphatic carbocycles. The van der Waals surface area contributed by atoms with Crippen molar-refractivity contribution >= 4 is 43.6 Å². The minimum absolute atomic E-state index is 0.0304. The number of Topliss-reactive ketones (excluding diaryl/α,β-unsaturated/α-hetero) is 1. The molecule has 0 saturated carbocycles. The number of ketones is 1. The van der Waals surface area contributed by atoms with E-state index >= 15 is 0 Å². The minimum Gasteiger partial charge on any atom is -0.478 e. The van der Waals surface area contributed by atoms with Crippen molar-refractivity contribution in [2.75, 3.05) is 0 Å². The van der Waals surface area contributed by atoms with Crippen LogP contribution in [0.1, 0.15) is 29.3 Å². The third-order valence-corrected chi connectivity index (χ3v) is 3.72. The Labute approximate surface area is 126 Å².